The van der Waals surface area contributed by atoms with Gasteiger partial charge < -0.3 is 4.74 Å². The minimum atomic E-state index is -0.127. The molecule has 0 saturated heterocycles. The van der Waals surface area contributed by atoms with E-state index >= 15 is 0 Å². The maximum Gasteiger partial charge on any atom is 0.175 e. The standard InChI is InChI=1S/C16H15BrO2S/c1-11(20-15-5-3-4-13(17)10-15)16(18)12-6-8-14(19-2)9-7-12/h3-11H,1-2H3. The van der Waals surface area contributed by atoms with Crippen molar-refractivity contribution in [3.63, 3.8) is 0 Å². The molecule has 0 aromatic heterocycles. The van der Waals surface area contributed by atoms with Gasteiger partial charge in [-0.05, 0) is 49.4 Å². The fourth-order valence-electron chi connectivity index (χ4n) is 1.79. The Morgan fingerprint density at radius 3 is 2.50 bits per heavy atom. The van der Waals surface area contributed by atoms with E-state index in [0.717, 1.165) is 15.1 Å². The van der Waals surface area contributed by atoms with Crippen molar-refractivity contribution in [2.45, 2.75) is 17.1 Å². The number of ether oxygens (including phenoxy) is 1. The summed E-state index contributed by atoms with van der Waals surface area (Å²) in [6, 6.07) is 15.2. The minimum absolute atomic E-state index is 0.123. The van der Waals surface area contributed by atoms with Crippen LogP contribution in [0.4, 0.5) is 0 Å². The van der Waals surface area contributed by atoms with E-state index in [1.54, 1.807) is 31.0 Å². The lowest BCUT2D eigenvalue weighted by atomic mass is 10.1. The summed E-state index contributed by atoms with van der Waals surface area (Å²) >= 11 is 5.00. The first-order chi connectivity index (χ1) is 9.60. The van der Waals surface area contributed by atoms with Gasteiger partial charge in [-0.25, -0.2) is 0 Å². The highest BCUT2D eigenvalue weighted by atomic mass is 79.9. The smallest absolute Gasteiger partial charge is 0.175 e. The van der Waals surface area contributed by atoms with Crippen LogP contribution in [0.15, 0.2) is 57.9 Å². The molecule has 0 fully saturated rings. The average Bonchev–Trinajstić information content (AvgIpc) is 2.46. The maximum absolute atomic E-state index is 12.4. The number of Topliss-reactive ketones (excluding diaryl/α,β-unsaturated/α-hetero) is 1. The maximum atomic E-state index is 12.4. The van der Waals surface area contributed by atoms with E-state index < -0.39 is 0 Å². The number of ketones is 1. The third-order valence-electron chi connectivity index (χ3n) is 2.85. The van der Waals surface area contributed by atoms with E-state index in [1.165, 1.54) is 0 Å². The molecule has 20 heavy (non-hydrogen) atoms. The molecular formula is C16H15BrO2S. The van der Waals surface area contributed by atoms with Crippen LogP contribution >= 0.6 is 27.7 Å². The number of thioether (sulfide) groups is 1. The Hall–Kier alpha value is -1.26. The Morgan fingerprint density at radius 1 is 1.20 bits per heavy atom. The highest BCUT2D eigenvalue weighted by Crippen LogP contribution is 2.28. The Morgan fingerprint density at radius 2 is 1.90 bits per heavy atom. The quantitative estimate of drug-likeness (QED) is 0.571. The molecule has 2 rings (SSSR count). The molecule has 4 heteroatoms. The monoisotopic (exact) mass is 350 g/mol. The predicted octanol–water partition coefficient (Wildman–Crippen LogP) is 4.82. The Kier molecular flexibility index (Phi) is 5.26. The molecule has 0 aliphatic carbocycles. The van der Waals surface area contributed by atoms with Gasteiger partial charge in [0.15, 0.2) is 5.78 Å². The normalized spacial score (nSPS) is 11.9. The van der Waals surface area contributed by atoms with Crippen LogP contribution in [0.2, 0.25) is 0 Å². The number of carbonyl (C=O) groups is 1. The first-order valence-corrected chi connectivity index (χ1v) is 7.88. The molecule has 0 saturated carbocycles. The van der Waals surface area contributed by atoms with Gasteiger partial charge in [0.1, 0.15) is 5.75 Å². The van der Waals surface area contributed by atoms with Crippen molar-refractivity contribution in [1.82, 2.24) is 0 Å². The van der Waals surface area contributed by atoms with Gasteiger partial charge in [0.2, 0.25) is 0 Å². The number of methoxy groups -OCH3 is 1. The van der Waals surface area contributed by atoms with Gasteiger partial charge in [-0.2, -0.15) is 0 Å². The highest BCUT2D eigenvalue weighted by Gasteiger charge is 2.16. The lowest BCUT2D eigenvalue weighted by molar-refractivity contribution is 0.0994. The van der Waals surface area contributed by atoms with Crippen LogP contribution in [-0.2, 0) is 0 Å². The Bertz CT molecular complexity index is 596. The zero-order valence-corrected chi connectivity index (χ0v) is 13.7. The second kappa shape index (κ2) is 6.95. The van der Waals surface area contributed by atoms with Crippen LogP contribution in [0.5, 0.6) is 5.75 Å². The highest BCUT2D eigenvalue weighted by molar-refractivity contribution is 9.10. The van der Waals surface area contributed by atoms with Crippen LogP contribution in [-0.4, -0.2) is 18.1 Å². The van der Waals surface area contributed by atoms with Gasteiger partial charge in [0.05, 0.1) is 12.4 Å². The largest absolute Gasteiger partial charge is 0.497 e. The van der Waals surface area contributed by atoms with Gasteiger partial charge >= 0.3 is 0 Å². The molecule has 1 unspecified atom stereocenters. The van der Waals surface area contributed by atoms with Crippen molar-refractivity contribution in [3.05, 3.63) is 58.6 Å². The van der Waals surface area contributed by atoms with Crippen molar-refractivity contribution in [3.8, 4) is 5.75 Å². The van der Waals surface area contributed by atoms with Crippen molar-refractivity contribution in [2.24, 2.45) is 0 Å². The molecule has 0 N–H and O–H groups in total. The summed E-state index contributed by atoms with van der Waals surface area (Å²) in [6.07, 6.45) is 0. The molecule has 0 aliphatic rings. The number of hydrogen-bond donors (Lipinski definition) is 0. The molecule has 2 aromatic rings. The van der Waals surface area contributed by atoms with Crippen LogP contribution in [0.3, 0.4) is 0 Å². The minimum Gasteiger partial charge on any atom is -0.497 e. The summed E-state index contributed by atoms with van der Waals surface area (Å²) in [5, 5.41) is -0.127. The van der Waals surface area contributed by atoms with Crippen LogP contribution < -0.4 is 4.74 Å². The van der Waals surface area contributed by atoms with Gasteiger partial charge in [0.25, 0.3) is 0 Å². The van der Waals surface area contributed by atoms with Crippen molar-refractivity contribution >= 4 is 33.5 Å². The summed E-state index contributed by atoms with van der Waals surface area (Å²) in [4.78, 5) is 13.4. The fourth-order valence-corrected chi connectivity index (χ4v) is 3.34. The summed E-state index contributed by atoms with van der Waals surface area (Å²) in [7, 11) is 1.61. The molecule has 0 heterocycles. The third-order valence-corrected chi connectivity index (χ3v) is 4.44. The molecule has 0 radical (unpaired) electrons. The molecule has 0 spiro atoms. The van der Waals surface area contributed by atoms with E-state index in [-0.39, 0.29) is 11.0 Å². The zero-order chi connectivity index (χ0) is 14.5. The van der Waals surface area contributed by atoms with Gasteiger partial charge in [-0.3, -0.25) is 4.79 Å². The average molecular weight is 351 g/mol. The van der Waals surface area contributed by atoms with Gasteiger partial charge in [0, 0.05) is 14.9 Å². The van der Waals surface area contributed by atoms with Crippen LogP contribution in [0, 0.1) is 0 Å². The SMILES string of the molecule is COc1ccc(C(=O)C(C)Sc2cccc(Br)c2)cc1. The molecule has 1 atom stereocenters. The number of carbonyl (C=O) groups excluding carboxylic acids is 1. The van der Waals surface area contributed by atoms with E-state index in [1.807, 2.05) is 43.3 Å². The molecule has 0 amide bonds. The first-order valence-electron chi connectivity index (χ1n) is 6.20. The second-order valence-corrected chi connectivity index (χ2v) is 6.64. The molecule has 104 valence electrons. The van der Waals surface area contributed by atoms with Crippen LogP contribution in [0.1, 0.15) is 17.3 Å². The van der Waals surface area contributed by atoms with Crippen molar-refractivity contribution in [1.29, 1.82) is 0 Å². The van der Waals surface area contributed by atoms with E-state index in [4.69, 9.17) is 4.74 Å². The van der Waals surface area contributed by atoms with Gasteiger partial charge in [-0.15, -0.1) is 11.8 Å². The molecular weight excluding hydrogens is 336 g/mol. The molecule has 2 nitrogen and oxygen atoms in total. The Labute approximate surface area is 131 Å². The molecule has 0 bridgehead atoms. The second-order valence-electron chi connectivity index (χ2n) is 4.31. The Balaban J connectivity index is 2.07. The summed E-state index contributed by atoms with van der Waals surface area (Å²) in [6.45, 7) is 1.93. The van der Waals surface area contributed by atoms with Crippen LogP contribution in [0.25, 0.3) is 0 Å². The van der Waals surface area contributed by atoms with E-state index in [0.29, 0.717) is 5.56 Å². The van der Waals surface area contributed by atoms with Crippen molar-refractivity contribution in [2.75, 3.05) is 7.11 Å². The predicted molar refractivity (Wildman–Crippen MR) is 86.8 cm³/mol. The number of hydrogen-bond acceptors (Lipinski definition) is 3. The zero-order valence-electron chi connectivity index (χ0n) is 11.3. The summed E-state index contributed by atoms with van der Waals surface area (Å²) < 4.78 is 6.12. The lowest BCUT2D eigenvalue weighted by Gasteiger charge is -2.11. The van der Waals surface area contributed by atoms with E-state index in [2.05, 4.69) is 15.9 Å². The number of benzene rings is 2. The number of rotatable bonds is 5. The topological polar surface area (TPSA) is 26.3 Å². The summed E-state index contributed by atoms with van der Waals surface area (Å²) in [5.41, 5.74) is 0.709. The lowest BCUT2D eigenvalue weighted by Crippen LogP contribution is -2.13. The molecule has 2 aromatic carbocycles. The van der Waals surface area contributed by atoms with Gasteiger partial charge in [-0.1, -0.05) is 22.0 Å². The first kappa shape index (κ1) is 15.1. The van der Waals surface area contributed by atoms with E-state index in [9.17, 15) is 4.79 Å². The third kappa shape index (κ3) is 3.87. The number of halogens is 1. The molecule has 0 aliphatic heterocycles. The fraction of sp³-hybridized carbons (Fsp3) is 0.188. The summed E-state index contributed by atoms with van der Waals surface area (Å²) in [5.74, 6) is 0.881. The van der Waals surface area contributed by atoms with Crippen molar-refractivity contribution < 1.29 is 9.53 Å².